The van der Waals surface area contributed by atoms with Crippen LogP contribution >= 0.6 is 0 Å². The van der Waals surface area contributed by atoms with E-state index in [1.54, 1.807) is 0 Å². The van der Waals surface area contributed by atoms with Gasteiger partial charge in [-0.2, -0.15) is 0 Å². The average molecular weight is 201 g/mol. The molecule has 15 heavy (non-hydrogen) atoms. The Hall–Kier alpha value is -1.24. The van der Waals surface area contributed by atoms with Crippen LogP contribution in [0.2, 0.25) is 0 Å². The highest BCUT2D eigenvalue weighted by atomic mass is 15.1. The van der Waals surface area contributed by atoms with Gasteiger partial charge in [0, 0.05) is 18.4 Å². The van der Waals surface area contributed by atoms with E-state index in [4.69, 9.17) is 0 Å². The SMILES string of the molecule is CCCCC=CN1CCc2ccccc21. The van der Waals surface area contributed by atoms with Gasteiger partial charge < -0.3 is 4.90 Å². The molecule has 80 valence electrons. The molecule has 1 heterocycles. The van der Waals surface area contributed by atoms with E-state index >= 15 is 0 Å². The summed E-state index contributed by atoms with van der Waals surface area (Å²) in [6.45, 7) is 3.38. The number of fused-ring (bicyclic) bond motifs is 1. The highest BCUT2D eigenvalue weighted by Crippen LogP contribution is 2.27. The molecule has 0 bridgehead atoms. The van der Waals surface area contributed by atoms with Crippen molar-refractivity contribution in [2.75, 3.05) is 11.4 Å². The van der Waals surface area contributed by atoms with E-state index in [9.17, 15) is 0 Å². The third-order valence-corrected chi connectivity index (χ3v) is 2.93. The van der Waals surface area contributed by atoms with Gasteiger partial charge in [0.25, 0.3) is 0 Å². The van der Waals surface area contributed by atoms with Gasteiger partial charge in [0.2, 0.25) is 0 Å². The smallest absolute Gasteiger partial charge is 0.0439 e. The first-order valence-corrected chi connectivity index (χ1v) is 5.93. The molecule has 1 heteroatoms. The van der Waals surface area contributed by atoms with Gasteiger partial charge in [0.05, 0.1) is 0 Å². The van der Waals surface area contributed by atoms with Gasteiger partial charge >= 0.3 is 0 Å². The molecule has 0 aromatic heterocycles. The molecule has 2 rings (SSSR count). The molecule has 1 aromatic rings. The van der Waals surface area contributed by atoms with Crippen LogP contribution in [0.25, 0.3) is 0 Å². The Morgan fingerprint density at radius 3 is 3.07 bits per heavy atom. The van der Waals surface area contributed by atoms with Gasteiger partial charge in [-0.05, 0) is 24.5 Å². The average Bonchev–Trinajstić information content (AvgIpc) is 2.68. The van der Waals surface area contributed by atoms with E-state index in [0.29, 0.717) is 0 Å². The first-order chi connectivity index (χ1) is 7.42. The van der Waals surface area contributed by atoms with E-state index in [1.165, 1.54) is 36.9 Å². The van der Waals surface area contributed by atoms with Crippen molar-refractivity contribution < 1.29 is 0 Å². The molecule has 0 spiro atoms. The van der Waals surface area contributed by atoms with Crippen LogP contribution in [0.15, 0.2) is 36.5 Å². The minimum atomic E-state index is 1.14. The Labute approximate surface area is 92.4 Å². The minimum Gasteiger partial charge on any atom is -0.348 e. The molecule has 0 fully saturated rings. The highest BCUT2D eigenvalue weighted by molar-refractivity contribution is 5.59. The number of hydrogen-bond donors (Lipinski definition) is 0. The summed E-state index contributed by atoms with van der Waals surface area (Å²) < 4.78 is 0. The highest BCUT2D eigenvalue weighted by Gasteiger charge is 2.15. The molecule has 0 saturated heterocycles. The topological polar surface area (TPSA) is 3.24 Å². The predicted octanol–water partition coefficient (Wildman–Crippen LogP) is 3.75. The number of nitrogens with zero attached hydrogens (tertiary/aromatic N) is 1. The van der Waals surface area contributed by atoms with Crippen LogP contribution in [0.4, 0.5) is 5.69 Å². The van der Waals surface area contributed by atoms with Crippen LogP contribution < -0.4 is 4.90 Å². The van der Waals surface area contributed by atoms with Crippen LogP contribution in [-0.2, 0) is 6.42 Å². The van der Waals surface area contributed by atoms with Crippen molar-refractivity contribution in [3.05, 3.63) is 42.1 Å². The Morgan fingerprint density at radius 2 is 2.20 bits per heavy atom. The zero-order valence-corrected chi connectivity index (χ0v) is 9.45. The summed E-state index contributed by atoms with van der Waals surface area (Å²) in [5.41, 5.74) is 2.88. The lowest BCUT2D eigenvalue weighted by Gasteiger charge is -2.13. The van der Waals surface area contributed by atoms with E-state index in [2.05, 4.69) is 48.4 Å². The first kappa shape index (κ1) is 10.3. The molecular formula is C14H19N. The van der Waals surface area contributed by atoms with E-state index < -0.39 is 0 Å². The molecule has 0 radical (unpaired) electrons. The van der Waals surface area contributed by atoms with Crippen molar-refractivity contribution >= 4 is 5.69 Å². The van der Waals surface area contributed by atoms with E-state index in [1.807, 2.05) is 0 Å². The second-order valence-corrected chi connectivity index (χ2v) is 4.10. The lowest BCUT2D eigenvalue weighted by Crippen LogP contribution is -2.11. The second kappa shape index (κ2) is 5.01. The van der Waals surface area contributed by atoms with Crippen LogP contribution in [0, 0.1) is 0 Å². The van der Waals surface area contributed by atoms with Gasteiger partial charge in [-0.1, -0.05) is 44.0 Å². The van der Waals surface area contributed by atoms with Crippen LogP contribution in [-0.4, -0.2) is 6.54 Å². The molecule has 1 aliphatic heterocycles. The Kier molecular flexibility index (Phi) is 3.44. The standard InChI is InChI=1S/C14H19N/c1-2-3-4-7-11-15-12-10-13-8-5-6-9-14(13)15/h5-9,11H,2-4,10,12H2,1H3. The number of para-hydroxylation sites is 1. The maximum absolute atomic E-state index is 2.37. The summed E-state index contributed by atoms with van der Waals surface area (Å²) in [5.74, 6) is 0. The maximum atomic E-state index is 2.37. The number of unbranched alkanes of at least 4 members (excludes halogenated alkanes) is 2. The molecule has 0 amide bonds. The molecule has 0 atom stereocenters. The van der Waals surface area contributed by atoms with Crippen LogP contribution in [0.5, 0.6) is 0 Å². The fourth-order valence-corrected chi connectivity index (χ4v) is 2.04. The van der Waals surface area contributed by atoms with Gasteiger partial charge in [-0.3, -0.25) is 0 Å². The van der Waals surface area contributed by atoms with Crippen molar-refractivity contribution in [2.24, 2.45) is 0 Å². The number of rotatable bonds is 4. The van der Waals surface area contributed by atoms with Gasteiger partial charge in [-0.25, -0.2) is 0 Å². The summed E-state index contributed by atoms with van der Waals surface area (Å²) in [6, 6.07) is 8.70. The molecular weight excluding hydrogens is 182 g/mol. The fraction of sp³-hybridized carbons (Fsp3) is 0.429. The quantitative estimate of drug-likeness (QED) is 0.670. The molecule has 0 unspecified atom stereocenters. The van der Waals surface area contributed by atoms with Crippen molar-refractivity contribution in [1.82, 2.24) is 0 Å². The third kappa shape index (κ3) is 2.41. The van der Waals surface area contributed by atoms with Crippen molar-refractivity contribution in [1.29, 1.82) is 0 Å². The van der Waals surface area contributed by atoms with Crippen LogP contribution in [0.3, 0.4) is 0 Å². The lowest BCUT2D eigenvalue weighted by atomic mass is 10.2. The largest absolute Gasteiger partial charge is 0.348 e. The molecule has 0 aliphatic carbocycles. The van der Waals surface area contributed by atoms with E-state index in [-0.39, 0.29) is 0 Å². The second-order valence-electron chi connectivity index (χ2n) is 4.10. The van der Waals surface area contributed by atoms with Gasteiger partial charge in [-0.15, -0.1) is 0 Å². The molecule has 0 N–H and O–H groups in total. The molecule has 1 aliphatic rings. The summed E-state index contributed by atoms with van der Waals surface area (Å²) in [7, 11) is 0. The first-order valence-electron chi connectivity index (χ1n) is 5.93. The normalized spacial score (nSPS) is 14.9. The lowest BCUT2D eigenvalue weighted by molar-refractivity contribution is 0.811. The van der Waals surface area contributed by atoms with Crippen molar-refractivity contribution in [3.8, 4) is 0 Å². The Bertz CT molecular complexity index is 341. The summed E-state index contributed by atoms with van der Waals surface area (Å²) in [6.07, 6.45) is 9.52. The third-order valence-electron chi connectivity index (χ3n) is 2.93. The summed E-state index contributed by atoms with van der Waals surface area (Å²) >= 11 is 0. The number of benzene rings is 1. The Balaban J connectivity index is 1.98. The monoisotopic (exact) mass is 201 g/mol. The van der Waals surface area contributed by atoms with Crippen molar-refractivity contribution in [3.63, 3.8) is 0 Å². The zero-order valence-electron chi connectivity index (χ0n) is 9.45. The Morgan fingerprint density at radius 1 is 1.33 bits per heavy atom. The number of anilines is 1. The minimum absolute atomic E-state index is 1.14. The number of hydrogen-bond acceptors (Lipinski definition) is 1. The molecule has 0 saturated carbocycles. The van der Waals surface area contributed by atoms with Crippen molar-refractivity contribution in [2.45, 2.75) is 32.6 Å². The van der Waals surface area contributed by atoms with Crippen LogP contribution in [0.1, 0.15) is 31.7 Å². The van der Waals surface area contributed by atoms with Gasteiger partial charge in [0.15, 0.2) is 0 Å². The van der Waals surface area contributed by atoms with Gasteiger partial charge in [0.1, 0.15) is 0 Å². The summed E-state index contributed by atoms with van der Waals surface area (Å²) in [5, 5.41) is 0. The summed E-state index contributed by atoms with van der Waals surface area (Å²) in [4.78, 5) is 2.37. The number of allylic oxidation sites excluding steroid dienone is 1. The van der Waals surface area contributed by atoms with E-state index in [0.717, 1.165) is 6.54 Å². The predicted molar refractivity (Wildman–Crippen MR) is 66.2 cm³/mol. The zero-order chi connectivity index (χ0) is 10.5. The molecule has 1 aromatic carbocycles. The molecule has 1 nitrogen and oxygen atoms in total. The maximum Gasteiger partial charge on any atom is 0.0439 e. The fourth-order valence-electron chi connectivity index (χ4n) is 2.04.